The van der Waals surface area contributed by atoms with Gasteiger partial charge in [-0.05, 0) is 25.5 Å². The van der Waals surface area contributed by atoms with Gasteiger partial charge in [0.25, 0.3) is 0 Å². The Morgan fingerprint density at radius 1 is 1.50 bits per heavy atom. The minimum absolute atomic E-state index is 0.0801. The summed E-state index contributed by atoms with van der Waals surface area (Å²) < 4.78 is 0. The van der Waals surface area contributed by atoms with Gasteiger partial charge < -0.3 is 10.2 Å². The van der Waals surface area contributed by atoms with Gasteiger partial charge in [-0.2, -0.15) is 5.26 Å². The number of benzene rings is 1. The number of rotatable bonds is 1. The van der Waals surface area contributed by atoms with Gasteiger partial charge in [0.2, 0.25) is 0 Å². The van der Waals surface area contributed by atoms with Gasteiger partial charge in [-0.1, -0.05) is 18.2 Å². The lowest BCUT2D eigenvalue weighted by Crippen LogP contribution is -2.40. The third kappa shape index (κ3) is 2.02. The first-order valence-corrected chi connectivity index (χ1v) is 5.70. The molecule has 1 aliphatic heterocycles. The maximum absolute atomic E-state index is 9.08. The van der Waals surface area contributed by atoms with Crippen LogP contribution < -0.4 is 10.2 Å². The minimum Gasteiger partial charge on any atom is -0.354 e. The van der Waals surface area contributed by atoms with Crippen molar-refractivity contribution in [2.45, 2.75) is 32.5 Å². The molecule has 2 unspecified atom stereocenters. The molecule has 0 fully saturated rings. The second kappa shape index (κ2) is 4.54. The molecule has 0 amide bonds. The fraction of sp³-hybridized carbons (Fsp3) is 0.462. The van der Waals surface area contributed by atoms with Crippen LogP contribution in [0.2, 0.25) is 0 Å². The van der Waals surface area contributed by atoms with Crippen LogP contribution in [0.4, 0.5) is 5.69 Å². The summed E-state index contributed by atoms with van der Waals surface area (Å²) in [5, 5.41) is 12.5. The molecular weight excluding hydrogens is 198 g/mol. The predicted octanol–water partition coefficient (Wildman–Crippen LogP) is 1.90. The average Bonchev–Trinajstić information content (AvgIpc) is 2.48. The zero-order chi connectivity index (χ0) is 11.5. The Bertz CT molecular complexity index is 408. The molecule has 1 N–H and O–H groups in total. The average molecular weight is 215 g/mol. The molecule has 3 nitrogen and oxygen atoms in total. The first-order valence-electron chi connectivity index (χ1n) is 5.70. The molecule has 0 saturated carbocycles. The van der Waals surface area contributed by atoms with Gasteiger partial charge in [-0.15, -0.1) is 0 Å². The third-order valence-corrected chi connectivity index (χ3v) is 3.07. The van der Waals surface area contributed by atoms with E-state index in [4.69, 9.17) is 5.26 Å². The van der Waals surface area contributed by atoms with Gasteiger partial charge in [-0.3, -0.25) is 0 Å². The van der Waals surface area contributed by atoms with E-state index in [1.165, 1.54) is 11.3 Å². The Morgan fingerprint density at radius 3 is 3.00 bits per heavy atom. The van der Waals surface area contributed by atoms with Crippen molar-refractivity contribution in [3.05, 3.63) is 29.8 Å². The van der Waals surface area contributed by atoms with Crippen molar-refractivity contribution < 1.29 is 0 Å². The Labute approximate surface area is 96.7 Å². The standard InChI is InChI=1S/C13H17N3/c1-10-9-16(11(2)7-14)13-6-4-3-5-12(13)8-15-10/h3-6,10-11,15H,8-9H2,1-2H3. The van der Waals surface area contributed by atoms with Crippen molar-refractivity contribution in [1.29, 1.82) is 5.26 Å². The fourth-order valence-corrected chi connectivity index (χ4v) is 2.12. The third-order valence-electron chi connectivity index (χ3n) is 3.07. The van der Waals surface area contributed by atoms with E-state index in [0.717, 1.165) is 13.1 Å². The SMILES string of the molecule is CC1CN(C(C)C#N)c2ccccc2CN1. The van der Waals surface area contributed by atoms with E-state index in [9.17, 15) is 0 Å². The van der Waals surface area contributed by atoms with Crippen LogP contribution in [-0.2, 0) is 6.54 Å². The van der Waals surface area contributed by atoms with Gasteiger partial charge in [0.15, 0.2) is 0 Å². The van der Waals surface area contributed by atoms with E-state index in [2.05, 4.69) is 35.3 Å². The molecule has 3 heteroatoms. The zero-order valence-corrected chi connectivity index (χ0v) is 9.77. The second-order valence-corrected chi connectivity index (χ2v) is 4.37. The van der Waals surface area contributed by atoms with Crippen molar-refractivity contribution in [2.75, 3.05) is 11.4 Å². The van der Waals surface area contributed by atoms with Crippen LogP contribution in [0.15, 0.2) is 24.3 Å². The first kappa shape index (κ1) is 11.0. The Balaban J connectivity index is 2.39. The Kier molecular flexibility index (Phi) is 3.12. The molecule has 1 aromatic rings. The molecule has 0 radical (unpaired) electrons. The molecule has 2 atom stereocenters. The number of hydrogen-bond acceptors (Lipinski definition) is 3. The summed E-state index contributed by atoms with van der Waals surface area (Å²) in [5.74, 6) is 0. The number of nitriles is 1. The summed E-state index contributed by atoms with van der Waals surface area (Å²) in [6, 6.07) is 11.0. The smallest absolute Gasteiger partial charge is 0.114 e. The van der Waals surface area contributed by atoms with Gasteiger partial charge in [0.05, 0.1) is 6.07 Å². The van der Waals surface area contributed by atoms with Crippen LogP contribution in [0, 0.1) is 11.3 Å². The summed E-state index contributed by atoms with van der Waals surface area (Å²) in [6.45, 7) is 5.87. The highest BCUT2D eigenvalue weighted by Gasteiger charge is 2.22. The van der Waals surface area contributed by atoms with Crippen molar-refractivity contribution >= 4 is 5.69 Å². The number of hydrogen-bond donors (Lipinski definition) is 1. The van der Waals surface area contributed by atoms with Crippen molar-refractivity contribution in [3.63, 3.8) is 0 Å². The number of para-hydroxylation sites is 1. The van der Waals surface area contributed by atoms with Crippen molar-refractivity contribution in [2.24, 2.45) is 0 Å². The molecule has 1 aromatic carbocycles. The van der Waals surface area contributed by atoms with Gasteiger partial charge >= 0.3 is 0 Å². The summed E-state index contributed by atoms with van der Waals surface area (Å²) in [6.07, 6.45) is 0. The number of nitrogens with zero attached hydrogens (tertiary/aromatic N) is 2. The van der Waals surface area contributed by atoms with Crippen LogP contribution in [0.1, 0.15) is 19.4 Å². The first-order chi connectivity index (χ1) is 7.72. The summed E-state index contributed by atoms with van der Waals surface area (Å²) in [5.41, 5.74) is 2.46. The van der Waals surface area contributed by atoms with E-state index in [0.29, 0.717) is 6.04 Å². The lowest BCUT2D eigenvalue weighted by atomic mass is 10.1. The maximum Gasteiger partial charge on any atom is 0.114 e. The maximum atomic E-state index is 9.08. The van der Waals surface area contributed by atoms with Gasteiger partial charge in [-0.25, -0.2) is 0 Å². The number of anilines is 1. The van der Waals surface area contributed by atoms with E-state index in [-0.39, 0.29) is 6.04 Å². The largest absolute Gasteiger partial charge is 0.354 e. The quantitative estimate of drug-likeness (QED) is 0.777. The normalized spacial score (nSPS) is 21.8. The molecule has 84 valence electrons. The monoisotopic (exact) mass is 215 g/mol. The van der Waals surface area contributed by atoms with Crippen LogP contribution >= 0.6 is 0 Å². The van der Waals surface area contributed by atoms with E-state index in [1.807, 2.05) is 19.1 Å². The summed E-state index contributed by atoms with van der Waals surface area (Å²) in [7, 11) is 0. The van der Waals surface area contributed by atoms with E-state index < -0.39 is 0 Å². The highest BCUT2D eigenvalue weighted by molar-refractivity contribution is 5.56. The van der Waals surface area contributed by atoms with E-state index in [1.54, 1.807) is 0 Å². The molecule has 0 spiro atoms. The molecule has 0 aliphatic carbocycles. The molecule has 1 heterocycles. The molecular formula is C13H17N3. The number of nitrogens with one attached hydrogen (secondary N) is 1. The molecule has 0 aromatic heterocycles. The Morgan fingerprint density at radius 2 is 2.25 bits per heavy atom. The van der Waals surface area contributed by atoms with Crippen LogP contribution in [0.5, 0.6) is 0 Å². The summed E-state index contributed by atoms with van der Waals surface area (Å²) >= 11 is 0. The minimum atomic E-state index is -0.0801. The van der Waals surface area contributed by atoms with Crippen molar-refractivity contribution in [1.82, 2.24) is 5.32 Å². The van der Waals surface area contributed by atoms with Crippen LogP contribution in [0.25, 0.3) is 0 Å². The molecule has 0 bridgehead atoms. The molecule has 1 aliphatic rings. The molecule has 0 saturated heterocycles. The van der Waals surface area contributed by atoms with E-state index >= 15 is 0 Å². The van der Waals surface area contributed by atoms with Crippen LogP contribution in [0.3, 0.4) is 0 Å². The summed E-state index contributed by atoms with van der Waals surface area (Å²) in [4.78, 5) is 2.18. The van der Waals surface area contributed by atoms with Crippen molar-refractivity contribution in [3.8, 4) is 6.07 Å². The van der Waals surface area contributed by atoms with Gasteiger partial charge in [0, 0.05) is 24.8 Å². The topological polar surface area (TPSA) is 39.1 Å². The predicted molar refractivity (Wildman–Crippen MR) is 65.2 cm³/mol. The number of fused-ring (bicyclic) bond motifs is 1. The highest BCUT2D eigenvalue weighted by atomic mass is 15.2. The van der Waals surface area contributed by atoms with Gasteiger partial charge in [0.1, 0.15) is 6.04 Å². The van der Waals surface area contributed by atoms with Crippen LogP contribution in [-0.4, -0.2) is 18.6 Å². The highest BCUT2D eigenvalue weighted by Crippen LogP contribution is 2.24. The lowest BCUT2D eigenvalue weighted by Gasteiger charge is -2.28. The fourth-order valence-electron chi connectivity index (χ4n) is 2.12. The lowest BCUT2D eigenvalue weighted by molar-refractivity contribution is 0.546. The molecule has 16 heavy (non-hydrogen) atoms. The second-order valence-electron chi connectivity index (χ2n) is 4.37. The zero-order valence-electron chi connectivity index (χ0n) is 9.77. The Hall–Kier alpha value is -1.53. The molecule has 2 rings (SSSR count).